The average Bonchev–Trinajstić information content (AvgIpc) is 2.19. The molecule has 0 N–H and O–H groups in total. The molecular weight excluding hydrogens is 332 g/mol. The Morgan fingerprint density at radius 1 is 1.47 bits per heavy atom. The quantitative estimate of drug-likeness (QED) is 0.772. The lowest BCUT2D eigenvalue weighted by molar-refractivity contribution is 0.0901. The fourth-order valence-corrected chi connectivity index (χ4v) is 2.75. The highest BCUT2D eigenvalue weighted by Crippen LogP contribution is 2.30. The molecule has 0 fully saturated rings. The Balaban J connectivity index is 3.07. The number of ether oxygens (including phenoxy) is 2. The molecule has 0 radical (unpaired) electrons. The smallest absolute Gasteiger partial charge is 0.265 e. The van der Waals surface area contributed by atoms with Gasteiger partial charge in [-0.3, -0.25) is 0 Å². The molecular formula is C10H12BrClO4S. The number of halogens is 2. The highest BCUT2D eigenvalue weighted by atomic mass is 79.9. The number of methoxy groups -OCH3 is 1. The van der Waals surface area contributed by atoms with Gasteiger partial charge < -0.3 is 9.47 Å². The van der Waals surface area contributed by atoms with Crippen LogP contribution in [-0.4, -0.2) is 28.2 Å². The first-order valence-corrected chi connectivity index (χ1v) is 7.84. The van der Waals surface area contributed by atoms with Crippen molar-refractivity contribution in [3.63, 3.8) is 0 Å². The largest absolute Gasteiger partial charge is 0.487 e. The molecule has 4 nitrogen and oxygen atoms in total. The second-order valence-corrected chi connectivity index (χ2v) is 6.86. The lowest BCUT2D eigenvalue weighted by Crippen LogP contribution is -2.18. The molecule has 0 aliphatic heterocycles. The third-order valence-corrected chi connectivity index (χ3v) is 3.73. The third-order valence-electron chi connectivity index (χ3n) is 1.90. The van der Waals surface area contributed by atoms with Crippen molar-refractivity contribution in [1.29, 1.82) is 0 Å². The molecule has 17 heavy (non-hydrogen) atoms. The van der Waals surface area contributed by atoms with Crippen LogP contribution in [0.1, 0.15) is 6.92 Å². The monoisotopic (exact) mass is 342 g/mol. The SMILES string of the molecule is COCC(C)Oc1ccc(Br)cc1S(=O)(=O)Cl. The summed E-state index contributed by atoms with van der Waals surface area (Å²) in [6.07, 6.45) is -0.265. The molecule has 0 aromatic heterocycles. The highest BCUT2D eigenvalue weighted by Gasteiger charge is 2.19. The second kappa shape index (κ2) is 6.04. The van der Waals surface area contributed by atoms with Crippen LogP contribution in [0.5, 0.6) is 5.75 Å². The predicted octanol–water partition coefficient (Wildman–Crippen LogP) is 2.79. The Hall–Kier alpha value is -0.300. The van der Waals surface area contributed by atoms with Gasteiger partial charge in [-0.05, 0) is 25.1 Å². The molecule has 1 unspecified atom stereocenters. The van der Waals surface area contributed by atoms with Gasteiger partial charge in [0.1, 0.15) is 16.7 Å². The maximum atomic E-state index is 11.4. The molecule has 0 aliphatic carbocycles. The van der Waals surface area contributed by atoms with E-state index < -0.39 is 9.05 Å². The van der Waals surface area contributed by atoms with Gasteiger partial charge in [-0.25, -0.2) is 8.42 Å². The van der Waals surface area contributed by atoms with E-state index in [1.165, 1.54) is 6.07 Å². The minimum Gasteiger partial charge on any atom is -0.487 e. The van der Waals surface area contributed by atoms with Crippen LogP contribution in [-0.2, 0) is 13.8 Å². The average molecular weight is 344 g/mol. The van der Waals surface area contributed by atoms with Crippen LogP contribution in [0.3, 0.4) is 0 Å². The predicted molar refractivity (Wildman–Crippen MR) is 69.1 cm³/mol. The standard InChI is InChI=1S/C10H12BrClO4S/c1-7(6-15-2)16-9-4-3-8(11)5-10(9)17(12,13)14/h3-5,7H,6H2,1-2H3. The number of benzene rings is 1. The number of rotatable bonds is 5. The van der Waals surface area contributed by atoms with Crippen LogP contribution >= 0.6 is 26.6 Å². The number of hydrogen-bond donors (Lipinski definition) is 0. The Morgan fingerprint density at radius 3 is 2.65 bits per heavy atom. The molecule has 7 heteroatoms. The van der Waals surface area contributed by atoms with E-state index >= 15 is 0 Å². The summed E-state index contributed by atoms with van der Waals surface area (Å²) < 4.78 is 33.7. The summed E-state index contributed by atoms with van der Waals surface area (Å²) in [7, 11) is 3.04. The molecule has 0 heterocycles. The van der Waals surface area contributed by atoms with Crippen LogP contribution in [0.2, 0.25) is 0 Å². The van der Waals surface area contributed by atoms with Gasteiger partial charge in [0.25, 0.3) is 9.05 Å². The van der Waals surface area contributed by atoms with Gasteiger partial charge in [0.2, 0.25) is 0 Å². The molecule has 0 amide bonds. The highest BCUT2D eigenvalue weighted by molar-refractivity contribution is 9.10. The lowest BCUT2D eigenvalue weighted by atomic mass is 10.3. The van der Waals surface area contributed by atoms with Crippen LogP contribution in [0.25, 0.3) is 0 Å². The van der Waals surface area contributed by atoms with Crippen molar-refractivity contribution < 1.29 is 17.9 Å². The van der Waals surface area contributed by atoms with Gasteiger partial charge in [-0.1, -0.05) is 15.9 Å². The summed E-state index contributed by atoms with van der Waals surface area (Å²) in [6, 6.07) is 4.63. The summed E-state index contributed by atoms with van der Waals surface area (Å²) >= 11 is 3.18. The van der Waals surface area contributed by atoms with Crippen molar-refractivity contribution in [2.24, 2.45) is 0 Å². The van der Waals surface area contributed by atoms with E-state index in [1.807, 2.05) is 0 Å². The Labute approximate surface area is 113 Å². The van der Waals surface area contributed by atoms with Gasteiger partial charge in [0.05, 0.1) is 6.61 Å². The van der Waals surface area contributed by atoms with E-state index in [4.69, 9.17) is 20.2 Å². The fourth-order valence-electron chi connectivity index (χ4n) is 1.26. The first-order valence-electron chi connectivity index (χ1n) is 4.74. The van der Waals surface area contributed by atoms with Crippen molar-refractivity contribution in [3.05, 3.63) is 22.7 Å². The van der Waals surface area contributed by atoms with Crippen LogP contribution < -0.4 is 4.74 Å². The Kier molecular flexibility index (Phi) is 5.24. The summed E-state index contributed by atoms with van der Waals surface area (Å²) in [5.41, 5.74) is 0. The second-order valence-electron chi connectivity index (χ2n) is 3.41. The van der Waals surface area contributed by atoms with E-state index in [1.54, 1.807) is 26.2 Å². The van der Waals surface area contributed by atoms with E-state index in [0.717, 1.165) is 0 Å². The minimum absolute atomic E-state index is 0.0588. The van der Waals surface area contributed by atoms with Gasteiger partial charge >= 0.3 is 0 Å². The van der Waals surface area contributed by atoms with E-state index in [0.29, 0.717) is 11.1 Å². The lowest BCUT2D eigenvalue weighted by Gasteiger charge is -2.15. The zero-order chi connectivity index (χ0) is 13.1. The first kappa shape index (κ1) is 14.8. The molecule has 1 aromatic carbocycles. The maximum absolute atomic E-state index is 11.4. The van der Waals surface area contributed by atoms with Gasteiger partial charge in [0.15, 0.2) is 0 Å². The fraction of sp³-hybridized carbons (Fsp3) is 0.400. The molecule has 0 saturated carbocycles. The summed E-state index contributed by atoms with van der Waals surface area (Å²) in [6.45, 7) is 2.13. The van der Waals surface area contributed by atoms with E-state index in [2.05, 4.69) is 15.9 Å². The van der Waals surface area contributed by atoms with Crippen molar-refractivity contribution in [3.8, 4) is 5.75 Å². The van der Waals surface area contributed by atoms with Crippen molar-refractivity contribution in [2.45, 2.75) is 17.9 Å². The Morgan fingerprint density at radius 2 is 2.12 bits per heavy atom. The summed E-state index contributed by atoms with van der Waals surface area (Å²) in [5.74, 6) is 0.216. The third kappa shape index (κ3) is 4.46. The molecule has 0 aliphatic rings. The topological polar surface area (TPSA) is 52.6 Å². The number of hydrogen-bond acceptors (Lipinski definition) is 4. The van der Waals surface area contributed by atoms with Crippen molar-refractivity contribution in [2.75, 3.05) is 13.7 Å². The maximum Gasteiger partial charge on any atom is 0.265 e. The zero-order valence-corrected chi connectivity index (χ0v) is 12.5. The van der Waals surface area contributed by atoms with Crippen LogP contribution in [0, 0.1) is 0 Å². The van der Waals surface area contributed by atoms with Gasteiger partial charge in [-0.2, -0.15) is 0 Å². The molecule has 1 rings (SSSR count). The Bertz CT molecular complexity index is 489. The van der Waals surface area contributed by atoms with Gasteiger partial charge in [0, 0.05) is 22.3 Å². The van der Waals surface area contributed by atoms with Crippen molar-refractivity contribution >= 4 is 35.7 Å². The van der Waals surface area contributed by atoms with Crippen LogP contribution in [0.15, 0.2) is 27.6 Å². The first-order chi connectivity index (χ1) is 7.84. The molecule has 0 saturated heterocycles. The summed E-state index contributed by atoms with van der Waals surface area (Å²) in [4.78, 5) is -0.0588. The van der Waals surface area contributed by atoms with E-state index in [9.17, 15) is 8.42 Å². The van der Waals surface area contributed by atoms with Crippen LogP contribution in [0.4, 0.5) is 0 Å². The zero-order valence-electron chi connectivity index (χ0n) is 9.31. The molecule has 0 spiro atoms. The normalized spacial score (nSPS) is 13.4. The minimum atomic E-state index is -3.84. The summed E-state index contributed by atoms with van der Waals surface area (Å²) in [5, 5.41) is 0. The molecule has 96 valence electrons. The van der Waals surface area contributed by atoms with E-state index in [-0.39, 0.29) is 16.7 Å². The molecule has 1 aromatic rings. The molecule has 0 bridgehead atoms. The molecule has 1 atom stereocenters. The van der Waals surface area contributed by atoms with Gasteiger partial charge in [-0.15, -0.1) is 0 Å². The van der Waals surface area contributed by atoms with Crippen molar-refractivity contribution in [1.82, 2.24) is 0 Å².